The van der Waals surface area contributed by atoms with Gasteiger partial charge in [-0.2, -0.15) is 5.10 Å². The maximum atomic E-state index is 6.31. The third kappa shape index (κ3) is 3.03. The number of thiophene rings is 1. The maximum Gasteiger partial charge on any atom is 0.149 e. The van der Waals surface area contributed by atoms with Gasteiger partial charge in [-0.05, 0) is 38.3 Å². The van der Waals surface area contributed by atoms with Gasteiger partial charge < -0.3 is 10.2 Å². The number of aromatic nitrogens is 5. The van der Waals surface area contributed by atoms with Gasteiger partial charge in [0.05, 0.1) is 26.0 Å². The van der Waals surface area contributed by atoms with E-state index in [2.05, 4.69) is 42.3 Å². The normalized spacial score (nSPS) is 17.9. The molecule has 0 unspecified atom stereocenters. The zero-order valence-corrected chi connectivity index (χ0v) is 19.3. The number of rotatable bonds is 3. The predicted molar refractivity (Wildman–Crippen MR) is 126 cm³/mol. The SMILES string of the molecule is Cc1nnc2sc3c(NC4CC5(C4)CN(c4ncc(Cl)cc4Cl)C5)ncnc3c2c1C. The van der Waals surface area contributed by atoms with E-state index in [0.29, 0.717) is 21.5 Å². The fourth-order valence-corrected chi connectivity index (χ4v) is 6.46. The Bertz CT molecular complexity index is 1340. The lowest BCUT2D eigenvalue weighted by molar-refractivity contribution is 0.0744. The van der Waals surface area contributed by atoms with Gasteiger partial charge in [0.25, 0.3) is 0 Å². The number of pyridine rings is 1. The monoisotopic (exact) mass is 471 g/mol. The second-order valence-corrected chi connectivity index (χ2v) is 10.5. The quantitative estimate of drug-likeness (QED) is 0.448. The van der Waals surface area contributed by atoms with E-state index in [1.54, 1.807) is 29.9 Å². The predicted octanol–water partition coefficient (Wildman–Crippen LogP) is 5.03. The van der Waals surface area contributed by atoms with Gasteiger partial charge >= 0.3 is 0 Å². The first-order valence-electron chi connectivity index (χ1n) is 10.1. The standard InChI is InChI=1S/C21H19Cl2N7S/c1-10-11(2)28-29-20-15(10)16-17(31-20)18(26-9-25-16)27-13-4-21(5-13)7-30(8-21)19-14(23)3-12(22)6-24-19/h3,6,9,13H,4-5,7-8H2,1-2H3,(H,25,26,27). The fraction of sp³-hybridized carbons (Fsp3) is 0.381. The zero-order chi connectivity index (χ0) is 21.3. The molecule has 4 aromatic heterocycles. The summed E-state index contributed by atoms with van der Waals surface area (Å²) in [6.07, 6.45) is 5.49. The number of fused-ring (bicyclic) bond motifs is 3. The molecule has 0 radical (unpaired) electrons. The van der Waals surface area contributed by atoms with E-state index in [1.165, 1.54) is 0 Å². The van der Waals surface area contributed by atoms with Gasteiger partial charge in [-0.15, -0.1) is 16.4 Å². The number of halogens is 2. The Labute approximate surface area is 192 Å². The van der Waals surface area contributed by atoms with Crippen molar-refractivity contribution in [3.05, 3.63) is 39.9 Å². The molecular weight excluding hydrogens is 453 g/mol. The van der Waals surface area contributed by atoms with Crippen molar-refractivity contribution in [1.29, 1.82) is 0 Å². The van der Waals surface area contributed by atoms with Crippen LogP contribution < -0.4 is 10.2 Å². The minimum absolute atomic E-state index is 0.327. The van der Waals surface area contributed by atoms with Crippen LogP contribution in [0.2, 0.25) is 10.0 Å². The van der Waals surface area contributed by atoms with Crippen LogP contribution in [0, 0.1) is 19.3 Å². The highest BCUT2D eigenvalue weighted by atomic mass is 35.5. The molecule has 1 saturated heterocycles. The Balaban J connectivity index is 1.18. The lowest BCUT2D eigenvalue weighted by atomic mass is 9.60. The van der Waals surface area contributed by atoms with Crippen LogP contribution in [0.4, 0.5) is 11.6 Å². The molecule has 158 valence electrons. The van der Waals surface area contributed by atoms with Crippen molar-refractivity contribution < 1.29 is 0 Å². The third-order valence-corrected chi connectivity index (χ3v) is 8.06. The summed E-state index contributed by atoms with van der Waals surface area (Å²) in [5.41, 5.74) is 3.35. The molecule has 1 N–H and O–H groups in total. The van der Waals surface area contributed by atoms with Gasteiger partial charge in [-0.3, -0.25) is 0 Å². The van der Waals surface area contributed by atoms with Gasteiger partial charge in [0.2, 0.25) is 0 Å². The molecule has 1 saturated carbocycles. The van der Waals surface area contributed by atoms with Gasteiger partial charge in [-0.1, -0.05) is 23.2 Å². The van der Waals surface area contributed by atoms with Crippen molar-refractivity contribution in [3.8, 4) is 0 Å². The van der Waals surface area contributed by atoms with E-state index in [-0.39, 0.29) is 0 Å². The van der Waals surface area contributed by atoms with Crippen molar-refractivity contribution >= 4 is 66.6 Å². The smallest absolute Gasteiger partial charge is 0.149 e. The Morgan fingerprint density at radius 3 is 2.71 bits per heavy atom. The molecule has 0 amide bonds. The Hall–Kier alpha value is -2.29. The summed E-state index contributed by atoms with van der Waals surface area (Å²) < 4.78 is 1.05. The Kier molecular flexibility index (Phi) is 4.29. The molecule has 1 aliphatic carbocycles. The largest absolute Gasteiger partial charge is 0.366 e. The van der Waals surface area contributed by atoms with Crippen LogP contribution in [0.1, 0.15) is 24.1 Å². The minimum Gasteiger partial charge on any atom is -0.366 e. The van der Waals surface area contributed by atoms with E-state index >= 15 is 0 Å². The van der Waals surface area contributed by atoms with Gasteiger partial charge in [0.15, 0.2) is 0 Å². The summed E-state index contributed by atoms with van der Waals surface area (Å²) in [5, 5.41) is 14.5. The highest BCUT2D eigenvalue weighted by Gasteiger charge is 2.53. The van der Waals surface area contributed by atoms with Crippen molar-refractivity contribution in [2.45, 2.75) is 32.7 Å². The highest BCUT2D eigenvalue weighted by Crippen LogP contribution is 2.51. The average molecular weight is 472 g/mol. The number of hydrogen-bond donors (Lipinski definition) is 1. The van der Waals surface area contributed by atoms with Crippen LogP contribution in [0.5, 0.6) is 0 Å². The Morgan fingerprint density at radius 1 is 1.13 bits per heavy atom. The Morgan fingerprint density at radius 2 is 1.94 bits per heavy atom. The topological polar surface area (TPSA) is 79.7 Å². The van der Waals surface area contributed by atoms with E-state index in [9.17, 15) is 0 Å². The van der Waals surface area contributed by atoms with E-state index < -0.39 is 0 Å². The summed E-state index contributed by atoms with van der Waals surface area (Å²) >= 11 is 13.9. The van der Waals surface area contributed by atoms with Crippen LogP contribution in [-0.4, -0.2) is 44.3 Å². The minimum atomic E-state index is 0.327. The first kappa shape index (κ1) is 19.4. The number of hydrogen-bond acceptors (Lipinski definition) is 8. The molecule has 2 fully saturated rings. The molecule has 4 aromatic rings. The first-order valence-corrected chi connectivity index (χ1v) is 11.7. The van der Waals surface area contributed by atoms with Gasteiger partial charge in [0.1, 0.15) is 22.8 Å². The molecule has 0 aromatic carbocycles. The number of nitrogens with zero attached hydrogens (tertiary/aromatic N) is 6. The molecule has 5 heterocycles. The van der Waals surface area contributed by atoms with Crippen LogP contribution in [0.25, 0.3) is 20.4 Å². The van der Waals surface area contributed by atoms with E-state index in [0.717, 1.165) is 69.3 Å². The number of anilines is 2. The van der Waals surface area contributed by atoms with Crippen LogP contribution in [-0.2, 0) is 0 Å². The van der Waals surface area contributed by atoms with Crippen molar-refractivity contribution in [1.82, 2.24) is 25.1 Å². The number of nitrogens with one attached hydrogen (secondary N) is 1. The lowest BCUT2D eigenvalue weighted by Crippen LogP contribution is -2.65. The molecule has 6 rings (SSSR count). The first-order chi connectivity index (χ1) is 14.9. The maximum absolute atomic E-state index is 6.31. The summed E-state index contributed by atoms with van der Waals surface area (Å²) in [6.45, 7) is 5.99. The second kappa shape index (κ2) is 6.85. The molecule has 0 bridgehead atoms. The van der Waals surface area contributed by atoms with Gasteiger partial charge in [-0.25, -0.2) is 15.0 Å². The molecule has 7 nitrogen and oxygen atoms in total. The molecule has 10 heteroatoms. The van der Waals surface area contributed by atoms with E-state index in [1.807, 2.05) is 6.92 Å². The lowest BCUT2D eigenvalue weighted by Gasteiger charge is -2.59. The van der Waals surface area contributed by atoms with Crippen molar-refractivity contribution in [2.75, 3.05) is 23.3 Å². The summed E-state index contributed by atoms with van der Waals surface area (Å²) in [6, 6.07) is 2.15. The number of aryl methyl sites for hydroxylation is 2. The highest BCUT2D eigenvalue weighted by molar-refractivity contribution is 7.26. The average Bonchev–Trinajstić information content (AvgIpc) is 3.06. The van der Waals surface area contributed by atoms with Crippen LogP contribution in [0.3, 0.4) is 0 Å². The molecule has 1 aliphatic heterocycles. The fourth-order valence-electron chi connectivity index (χ4n) is 4.88. The van der Waals surface area contributed by atoms with Crippen LogP contribution in [0.15, 0.2) is 18.6 Å². The summed E-state index contributed by atoms with van der Waals surface area (Å²) in [7, 11) is 0. The van der Waals surface area contributed by atoms with E-state index in [4.69, 9.17) is 23.2 Å². The third-order valence-electron chi connectivity index (χ3n) is 6.50. The summed E-state index contributed by atoms with van der Waals surface area (Å²) in [4.78, 5) is 16.6. The van der Waals surface area contributed by atoms with Gasteiger partial charge in [0, 0.05) is 36.1 Å². The second-order valence-electron chi connectivity index (χ2n) is 8.66. The zero-order valence-electron chi connectivity index (χ0n) is 17.0. The van der Waals surface area contributed by atoms with Crippen molar-refractivity contribution in [3.63, 3.8) is 0 Å². The molecule has 31 heavy (non-hydrogen) atoms. The van der Waals surface area contributed by atoms with Crippen LogP contribution >= 0.6 is 34.5 Å². The molecule has 0 atom stereocenters. The molecular formula is C21H19Cl2N7S. The molecule has 2 aliphatic rings. The van der Waals surface area contributed by atoms with Crippen molar-refractivity contribution in [2.24, 2.45) is 5.41 Å². The summed E-state index contributed by atoms with van der Waals surface area (Å²) in [5.74, 6) is 1.71. The molecule has 1 spiro atoms.